The minimum absolute atomic E-state index is 0.0352. The summed E-state index contributed by atoms with van der Waals surface area (Å²) in [6, 6.07) is 6.11. The zero-order valence-electron chi connectivity index (χ0n) is 10.6. The summed E-state index contributed by atoms with van der Waals surface area (Å²) >= 11 is 3.46. The van der Waals surface area contributed by atoms with Crippen LogP contribution in [0.2, 0.25) is 0 Å². The molecule has 1 aromatic carbocycles. The normalized spacial score (nSPS) is 14.4. The van der Waals surface area contributed by atoms with Gasteiger partial charge in [-0.1, -0.05) is 15.9 Å². The van der Waals surface area contributed by atoms with Crippen LogP contribution in [0.1, 0.15) is 19.4 Å². The van der Waals surface area contributed by atoms with Crippen molar-refractivity contribution in [2.45, 2.75) is 32.4 Å². The maximum Gasteiger partial charge on any atom is 0.123 e. The fraction of sp³-hybridized carbons (Fsp3) is 0.538. The summed E-state index contributed by atoms with van der Waals surface area (Å²) < 4.78 is 11.9. The van der Waals surface area contributed by atoms with Crippen molar-refractivity contribution in [2.75, 3.05) is 13.7 Å². The lowest BCUT2D eigenvalue weighted by atomic mass is 10.1. The SMILES string of the molecule is COCC(C)Oc1ccc(Br)cc1CC(C)N. The Bertz CT molecular complexity index is 355. The lowest BCUT2D eigenvalue weighted by Gasteiger charge is -2.18. The highest BCUT2D eigenvalue weighted by molar-refractivity contribution is 9.10. The van der Waals surface area contributed by atoms with E-state index in [0.29, 0.717) is 6.61 Å². The Labute approximate surface area is 111 Å². The Balaban J connectivity index is 2.82. The summed E-state index contributed by atoms with van der Waals surface area (Å²) in [6.07, 6.45) is 0.835. The highest BCUT2D eigenvalue weighted by atomic mass is 79.9. The van der Waals surface area contributed by atoms with Gasteiger partial charge < -0.3 is 15.2 Å². The van der Waals surface area contributed by atoms with Gasteiger partial charge in [0.15, 0.2) is 0 Å². The van der Waals surface area contributed by atoms with Crippen molar-refractivity contribution in [1.29, 1.82) is 0 Å². The van der Waals surface area contributed by atoms with Crippen LogP contribution in [-0.2, 0) is 11.2 Å². The van der Waals surface area contributed by atoms with E-state index in [0.717, 1.165) is 22.2 Å². The standard InChI is InChI=1S/C13H20BrNO2/c1-9(15)6-11-7-12(14)4-5-13(11)17-10(2)8-16-3/h4-5,7,9-10H,6,8,15H2,1-3H3. The van der Waals surface area contributed by atoms with Gasteiger partial charge in [0.2, 0.25) is 0 Å². The third-order valence-corrected chi connectivity index (χ3v) is 2.79. The molecule has 2 N–H and O–H groups in total. The molecular weight excluding hydrogens is 282 g/mol. The maximum atomic E-state index is 5.84. The van der Waals surface area contributed by atoms with E-state index < -0.39 is 0 Å². The molecule has 0 aliphatic heterocycles. The zero-order chi connectivity index (χ0) is 12.8. The van der Waals surface area contributed by atoms with Crippen molar-refractivity contribution in [3.05, 3.63) is 28.2 Å². The summed E-state index contributed by atoms with van der Waals surface area (Å²) in [7, 11) is 1.67. The Hall–Kier alpha value is -0.580. The van der Waals surface area contributed by atoms with E-state index in [1.165, 1.54) is 0 Å². The van der Waals surface area contributed by atoms with Gasteiger partial charge in [-0.15, -0.1) is 0 Å². The predicted octanol–water partition coefficient (Wildman–Crippen LogP) is 2.75. The van der Waals surface area contributed by atoms with Gasteiger partial charge in [-0.05, 0) is 44.0 Å². The van der Waals surface area contributed by atoms with Gasteiger partial charge in [0.05, 0.1) is 6.61 Å². The predicted molar refractivity (Wildman–Crippen MR) is 73.5 cm³/mol. The number of nitrogens with two attached hydrogens (primary N) is 1. The molecular formula is C13H20BrNO2. The highest BCUT2D eigenvalue weighted by Crippen LogP contribution is 2.25. The molecule has 0 radical (unpaired) electrons. The Morgan fingerprint density at radius 3 is 2.65 bits per heavy atom. The minimum Gasteiger partial charge on any atom is -0.488 e. The molecule has 3 nitrogen and oxygen atoms in total. The Morgan fingerprint density at radius 1 is 1.35 bits per heavy atom. The van der Waals surface area contributed by atoms with Gasteiger partial charge in [0.25, 0.3) is 0 Å². The highest BCUT2D eigenvalue weighted by Gasteiger charge is 2.10. The number of halogens is 1. The van der Waals surface area contributed by atoms with E-state index in [9.17, 15) is 0 Å². The van der Waals surface area contributed by atoms with Gasteiger partial charge in [0, 0.05) is 17.6 Å². The first-order valence-corrected chi connectivity index (χ1v) is 6.51. The molecule has 0 aromatic heterocycles. The smallest absolute Gasteiger partial charge is 0.123 e. The number of benzene rings is 1. The van der Waals surface area contributed by atoms with E-state index >= 15 is 0 Å². The summed E-state index contributed by atoms with van der Waals surface area (Å²) in [5.74, 6) is 0.884. The quantitative estimate of drug-likeness (QED) is 0.879. The first kappa shape index (κ1) is 14.5. The van der Waals surface area contributed by atoms with Crippen molar-refractivity contribution >= 4 is 15.9 Å². The van der Waals surface area contributed by atoms with Crippen molar-refractivity contribution in [1.82, 2.24) is 0 Å². The number of hydrogen-bond donors (Lipinski definition) is 1. The van der Waals surface area contributed by atoms with Crippen molar-refractivity contribution in [3.8, 4) is 5.75 Å². The first-order chi connectivity index (χ1) is 8.02. The second-order valence-electron chi connectivity index (χ2n) is 4.32. The summed E-state index contributed by atoms with van der Waals surface area (Å²) in [6.45, 7) is 4.55. The molecule has 96 valence electrons. The lowest BCUT2D eigenvalue weighted by Crippen LogP contribution is -2.21. The van der Waals surface area contributed by atoms with E-state index in [4.69, 9.17) is 15.2 Å². The molecule has 1 rings (SSSR count). The molecule has 2 atom stereocenters. The average Bonchev–Trinajstić information content (AvgIpc) is 2.21. The second kappa shape index (κ2) is 6.99. The average molecular weight is 302 g/mol. The summed E-state index contributed by atoms with van der Waals surface area (Å²) in [5.41, 5.74) is 6.96. The van der Waals surface area contributed by atoms with Crippen LogP contribution in [0, 0.1) is 0 Å². The zero-order valence-corrected chi connectivity index (χ0v) is 12.2. The van der Waals surface area contributed by atoms with Gasteiger partial charge in [-0.25, -0.2) is 0 Å². The second-order valence-corrected chi connectivity index (χ2v) is 5.23. The molecule has 0 fully saturated rings. The van der Waals surface area contributed by atoms with Crippen molar-refractivity contribution < 1.29 is 9.47 Å². The van der Waals surface area contributed by atoms with Crippen molar-refractivity contribution in [2.24, 2.45) is 5.73 Å². The van der Waals surface area contributed by atoms with Crippen LogP contribution in [0.4, 0.5) is 0 Å². The van der Waals surface area contributed by atoms with Crippen LogP contribution in [-0.4, -0.2) is 25.9 Å². The molecule has 0 saturated heterocycles. The van der Waals surface area contributed by atoms with Crippen LogP contribution in [0.5, 0.6) is 5.75 Å². The fourth-order valence-electron chi connectivity index (χ4n) is 1.65. The molecule has 0 aliphatic carbocycles. The lowest BCUT2D eigenvalue weighted by molar-refractivity contribution is 0.0913. The Morgan fingerprint density at radius 2 is 2.06 bits per heavy atom. The monoisotopic (exact) mass is 301 g/mol. The van der Waals surface area contributed by atoms with Gasteiger partial charge in [0.1, 0.15) is 11.9 Å². The molecule has 2 unspecified atom stereocenters. The number of rotatable bonds is 6. The van der Waals surface area contributed by atoms with E-state index in [2.05, 4.69) is 22.0 Å². The van der Waals surface area contributed by atoms with Crippen LogP contribution in [0.3, 0.4) is 0 Å². The fourth-order valence-corrected chi connectivity index (χ4v) is 2.06. The third-order valence-electron chi connectivity index (χ3n) is 2.29. The van der Waals surface area contributed by atoms with Crippen LogP contribution >= 0.6 is 15.9 Å². The summed E-state index contributed by atoms with van der Waals surface area (Å²) in [5, 5.41) is 0. The van der Waals surface area contributed by atoms with Gasteiger partial charge in [-0.2, -0.15) is 0 Å². The largest absolute Gasteiger partial charge is 0.488 e. The van der Waals surface area contributed by atoms with Gasteiger partial charge >= 0.3 is 0 Å². The first-order valence-electron chi connectivity index (χ1n) is 5.72. The molecule has 4 heteroatoms. The van der Waals surface area contributed by atoms with Crippen molar-refractivity contribution in [3.63, 3.8) is 0 Å². The molecule has 0 spiro atoms. The maximum absolute atomic E-state index is 5.84. The van der Waals surface area contributed by atoms with Gasteiger partial charge in [-0.3, -0.25) is 0 Å². The topological polar surface area (TPSA) is 44.5 Å². The Kier molecular flexibility index (Phi) is 5.95. The van der Waals surface area contributed by atoms with E-state index in [1.54, 1.807) is 7.11 Å². The minimum atomic E-state index is 0.0352. The molecule has 0 aliphatic rings. The molecule has 0 bridgehead atoms. The van der Waals surface area contributed by atoms with Crippen LogP contribution < -0.4 is 10.5 Å². The third kappa shape index (κ3) is 5.06. The van der Waals surface area contributed by atoms with E-state index in [1.807, 2.05) is 26.0 Å². The van der Waals surface area contributed by atoms with Crippen LogP contribution in [0.25, 0.3) is 0 Å². The number of hydrogen-bond acceptors (Lipinski definition) is 3. The van der Waals surface area contributed by atoms with E-state index in [-0.39, 0.29) is 12.1 Å². The molecule has 17 heavy (non-hydrogen) atoms. The summed E-state index contributed by atoms with van der Waals surface area (Å²) in [4.78, 5) is 0. The number of ether oxygens (including phenoxy) is 2. The molecule has 0 saturated carbocycles. The molecule has 0 heterocycles. The molecule has 1 aromatic rings. The molecule has 0 amide bonds. The van der Waals surface area contributed by atoms with Crippen LogP contribution in [0.15, 0.2) is 22.7 Å². The number of methoxy groups -OCH3 is 1.